The molecule has 3 aliphatic rings. The Morgan fingerprint density at radius 3 is 2.49 bits per heavy atom. The second-order valence-electron chi connectivity index (χ2n) is 17.3. The highest BCUT2D eigenvalue weighted by molar-refractivity contribution is 6.07. The topological polar surface area (TPSA) is 231 Å². The van der Waals surface area contributed by atoms with Crippen molar-refractivity contribution in [2.24, 2.45) is 0 Å². The molecule has 3 aromatic carbocycles. The quantitative estimate of drug-likeness (QED) is 0.0377. The molecule has 0 radical (unpaired) electrons. The van der Waals surface area contributed by atoms with Crippen LogP contribution in [0.5, 0.6) is 5.75 Å². The molecule has 2 fully saturated rings. The Balaban J connectivity index is 0.695. The van der Waals surface area contributed by atoms with Crippen LogP contribution in [-0.2, 0) is 35.9 Å². The van der Waals surface area contributed by atoms with E-state index in [1.54, 1.807) is 30.6 Å². The lowest BCUT2D eigenvalue weighted by molar-refractivity contribution is -0.137. The number of nitrogens with one attached hydrogen (secondary N) is 6. The minimum Gasteiger partial charge on any atom is -0.494 e. The van der Waals surface area contributed by atoms with E-state index in [-0.39, 0.29) is 55.7 Å². The summed E-state index contributed by atoms with van der Waals surface area (Å²) < 4.78 is 17.4. The van der Waals surface area contributed by atoms with Gasteiger partial charge in [0.05, 0.1) is 18.2 Å². The van der Waals surface area contributed by atoms with Crippen LogP contribution in [0.25, 0.3) is 11.4 Å². The first kappa shape index (κ1) is 47.5. The number of amides is 5. The van der Waals surface area contributed by atoms with Crippen molar-refractivity contribution >= 4 is 40.9 Å². The fourth-order valence-corrected chi connectivity index (χ4v) is 8.74. The number of fused-ring (bicyclic) bond motifs is 1. The van der Waals surface area contributed by atoms with Crippen molar-refractivity contribution in [3.63, 3.8) is 0 Å². The summed E-state index contributed by atoms with van der Waals surface area (Å²) in [6, 6.07) is 23.2. The number of rotatable bonds is 22. The molecule has 5 aromatic rings. The van der Waals surface area contributed by atoms with Crippen molar-refractivity contribution in [1.29, 1.82) is 0 Å². The smallest absolute Gasteiger partial charge is 0.255 e. The highest BCUT2D eigenvalue weighted by atomic mass is 16.5. The average molecular weight is 927 g/mol. The van der Waals surface area contributed by atoms with Crippen molar-refractivity contribution < 1.29 is 38.2 Å². The molecule has 68 heavy (non-hydrogen) atoms. The van der Waals surface area contributed by atoms with Gasteiger partial charge in [0.2, 0.25) is 17.7 Å². The minimum absolute atomic E-state index is 0.154. The number of hydrogen-bond acceptors (Lipinski definition) is 13. The number of hydrogen-bond donors (Lipinski definition) is 6. The number of aromatic nitrogens is 4. The van der Waals surface area contributed by atoms with Crippen molar-refractivity contribution in [3.05, 3.63) is 119 Å². The number of nitrogens with zero attached hydrogens (tertiary/aromatic N) is 4. The van der Waals surface area contributed by atoms with Crippen molar-refractivity contribution in [2.45, 2.75) is 82.5 Å². The number of piperidine rings is 2. The van der Waals surface area contributed by atoms with Crippen LogP contribution >= 0.6 is 0 Å². The Morgan fingerprint density at radius 2 is 1.65 bits per heavy atom. The third-order valence-electron chi connectivity index (χ3n) is 12.4. The lowest BCUT2D eigenvalue weighted by atomic mass is 9.87. The van der Waals surface area contributed by atoms with Gasteiger partial charge in [0.15, 0.2) is 11.6 Å². The lowest BCUT2D eigenvalue weighted by Crippen LogP contribution is -2.52. The molecule has 1 unspecified atom stereocenters. The summed E-state index contributed by atoms with van der Waals surface area (Å²) >= 11 is 0. The van der Waals surface area contributed by atoms with Crippen LogP contribution in [0.15, 0.2) is 91.3 Å². The maximum Gasteiger partial charge on any atom is 0.255 e. The van der Waals surface area contributed by atoms with Gasteiger partial charge >= 0.3 is 0 Å². The molecule has 2 atom stereocenters. The number of anilines is 2. The predicted molar refractivity (Wildman–Crippen MR) is 253 cm³/mol. The third kappa shape index (κ3) is 11.9. The summed E-state index contributed by atoms with van der Waals surface area (Å²) in [4.78, 5) is 72.3. The Labute approximate surface area is 394 Å². The normalized spacial score (nSPS) is 17.0. The highest BCUT2D eigenvalue weighted by Crippen LogP contribution is 2.35. The molecular weight excluding hydrogens is 869 g/mol. The van der Waals surface area contributed by atoms with Gasteiger partial charge in [0, 0.05) is 78.8 Å². The van der Waals surface area contributed by atoms with Crippen LogP contribution in [-0.4, -0.2) is 107 Å². The Morgan fingerprint density at radius 1 is 0.868 bits per heavy atom. The molecule has 6 N–H and O–H groups in total. The Kier molecular flexibility index (Phi) is 15.8. The SMILES string of the molecule is C[C@H](NC(=O)c1cccc(NC2(c3nnc(-c4ccncc4)[nH]3)CCNCC2)c1)c1cccc(OCCCCCOCCCOCC(=O)Nc2cccc3c2CN(C2CCC(=O)NC2=O)C3=O)c1. The fraction of sp³-hybridized carbons (Fsp3) is 0.400. The van der Waals surface area contributed by atoms with Crippen molar-refractivity contribution in [1.82, 2.24) is 41.0 Å². The van der Waals surface area contributed by atoms with Gasteiger partial charge in [0.25, 0.3) is 11.8 Å². The largest absolute Gasteiger partial charge is 0.494 e. The molecule has 0 saturated carbocycles. The standard InChI is InChI=1S/C50H58N10O8/c1-33(53-46(63)36-10-5-11-37(29-36)57-50(19-23-52-24-20-50)49-56-45(58-59-49)34-17-21-51-22-18-34)35-9-6-12-38(30-35)68-28-4-2-3-25-66-26-8-27-67-32-44(62)54-41-14-7-13-39-40(41)31-60(48(39)65)42-15-16-43(61)55-47(42)64/h5-7,9-14,17-18,21-22,29-30,33,42,52,57H,2-4,8,15-16,19-20,23-28,31-32H2,1H3,(H,53,63)(H,54,62)(H,55,61,64)(H,56,58,59)/t33-,42?/m0/s1. The van der Waals surface area contributed by atoms with Gasteiger partial charge in [-0.1, -0.05) is 24.3 Å². The number of pyridine rings is 1. The molecular formula is C50H58N10O8. The highest BCUT2D eigenvalue weighted by Gasteiger charge is 2.40. The summed E-state index contributed by atoms with van der Waals surface area (Å²) in [6.07, 6.45) is 8.76. The number of imide groups is 1. The molecule has 0 bridgehead atoms. The van der Waals surface area contributed by atoms with E-state index in [4.69, 9.17) is 14.2 Å². The number of aromatic amines is 1. The first-order valence-electron chi connectivity index (χ1n) is 23.3. The first-order valence-corrected chi connectivity index (χ1v) is 23.3. The summed E-state index contributed by atoms with van der Waals surface area (Å²) in [6.45, 7) is 5.60. The van der Waals surface area contributed by atoms with Crippen LogP contribution in [0.1, 0.15) is 102 Å². The number of unbranched alkanes of at least 4 members (excludes halogenated alkanes) is 2. The van der Waals surface area contributed by atoms with Gasteiger partial charge in [0.1, 0.15) is 18.4 Å². The molecule has 2 aromatic heterocycles. The summed E-state index contributed by atoms with van der Waals surface area (Å²) in [5.74, 6) is 0.510. The zero-order valence-electron chi connectivity index (χ0n) is 38.2. The van der Waals surface area contributed by atoms with Gasteiger partial charge in [-0.2, -0.15) is 0 Å². The van der Waals surface area contributed by atoms with E-state index in [1.165, 1.54) is 4.90 Å². The molecule has 356 valence electrons. The van der Waals surface area contributed by atoms with E-state index in [0.717, 1.165) is 73.6 Å². The van der Waals surface area contributed by atoms with Crippen LogP contribution in [0.4, 0.5) is 11.4 Å². The minimum atomic E-state index is -0.731. The van der Waals surface area contributed by atoms with Crippen LogP contribution in [0.2, 0.25) is 0 Å². The predicted octanol–water partition coefficient (Wildman–Crippen LogP) is 5.42. The second kappa shape index (κ2) is 22.6. The van der Waals surface area contributed by atoms with Gasteiger partial charge in [-0.25, -0.2) is 0 Å². The average Bonchev–Trinajstić information content (AvgIpc) is 3.99. The molecule has 2 saturated heterocycles. The number of ether oxygens (including phenoxy) is 3. The van der Waals surface area contributed by atoms with Crippen molar-refractivity contribution in [3.8, 4) is 17.1 Å². The maximum atomic E-state index is 13.6. The van der Waals surface area contributed by atoms with Gasteiger partial charge < -0.3 is 45.4 Å². The van der Waals surface area contributed by atoms with E-state index in [9.17, 15) is 24.0 Å². The zero-order valence-corrected chi connectivity index (χ0v) is 38.2. The molecule has 5 heterocycles. The molecule has 18 nitrogen and oxygen atoms in total. The van der Waals surface area contributed by atoms with Gasteiger partial charge in [-0.3, -0.25) is 34.3 Å². The van der Waals surface area contributed by atoms with E-state index in [2.05, 4.69) is 46.7 Å². The molecule has 18 heteroatoms. The fourth-order valence-electron chi connectivity index (χ4n) is 8.74. The molecule has 0 aliphatic carbocycles. The van der Waals surface area contributed by atoms with Crippen LogP contribution in [0, 0.1) is 0 Å². The van der Waals surface area contributed by atoms with E-state index < -0.39 is 17.5 Å². The van der Waals surface area contributed by atoms with Crippen LogP contribution < -0.4 is 31.3 Å². The second-order valence-corrected chi connectivity index (χ2v) is 17.3. The zero-order chi connectivity index (χ0) is 47.3. The number of benzene rings is 3. The molecule has 5 amide bonds. The molecule has 8 rings (SSSR count). The Hall–Kier alpha value is -7.02. The Bertz CT molecular complexity index is 2560. The number of carbonyl (C=O) groups is 5. The summed E-state index contributed by atoms with van der Waals surface area (Å²) in [7, 11) is 0. The summed E-state index contributed by atoms with van der Waals surface area (Å²) in [5, 5.41) is 24.4. The van der Waals surface area contributed by atoms with E-state index in [0.29, 0.717) is 61.1 Å². The van der Waals surface area contributed by atoms with E-state index in [1.807, 2.05) is 67.6 Å². The first-order chi connectivity index (χ1) is 33.2. The van der Waals surface area contributed by atoms with Gasteiger partial charge in [-0.15, -0.1) is 10.2 Å². The maximum absolute atomic E-state index is 13.6. The lowest BCUT2D eigenvalue weighted by Gasteiger charge is -2.37. The summed E-state index contributed by atoms with van der Waals surface area (Å²) in [5.41, 5.74) is 4.27. The molecule has 0 spiro atoms. The van der Waals surface area contributed by atoms with Gasteiger partial charge in [-0.05, 0) is 125 Å². The van der Waals surface area contributed by atoms with E-state index >= 15 is 0 Å². The monoisotopic (exact) mass is 926 g/mol. The number of H-pyrrole nitrogens is 1. The van der Waals surface area contributed by atoms with Crippen LogP contribution in [0.3, 0.4) is 0 Å². The molecule has 3 aliphatic heterocycles. The van der Waals surface area contributed by atoms with Crippen molar-refractivity contribution in [2.75, 3.05) is 56.8 Å². The third-order valence-corrected chi connectivity index (χ3v) is 12.4. The number of carbonyl (C=O) groups excluding carboxylic acids is 5.